The summed E-state index contributed by atoms with van der Waals surface area (Å²) in [6, 6.07) is 7.80. The van der Waals surface area contributed by atoms with Gasteiger partial charge in [-0.3, -0.25) is 0 Å². The second kappa shape index (κ2) is 7.16. The Hall–Kier alpha value is -0.730. The molecule has 19 heavy (non-hydrogen) atoms. The number of nitrogens with one attached hydrogen (secondary N) is 1. The van der Waals surface area contributed by atoms with Crippen LogP contribution in [0.4, 0.5) is 5.69 Å². The van der Waals surface area contributed by atoms with E-state index in [0.717, 1.165) is 35.7 Å². The van der Waals surface area contributed by atoms with Crippen LogP contribution in [-0.4, -0.2) is 19.3 Å². The van der Waals surface area contributed by atoms with Gasteiger partial charge in [-0.1, -0.05) is 31.5 Å². The van der Waals surface area contributed by atoms with Crippen molar-refractivity contribution in [2.45, 2.75) is 39.2 Å². The molecule has 3 atom stereocenters. The maximum absolute atomic E-state index is 5.96. The first-order valence-electron chi connectivity index (χ1n) is 7.26. The zero-order chi connectivity index (χ0) is 13.7. The maximum Gasteiger partial charge on any atom is 0.0642 e. The van der Waals surface area contributed by atoms with Gasteiger partial charge in [0.05, 0.1) is 12.7 Å². The molecule has 0 heterocycles. The molecule has 1 N–H and O–H groups in total. The molecule has 0 saturated heterocycles. The van der Waals surface area contributed by atoms with Crippen LogP contribution in [0.3, 0.4) is 0 Å². The Morgan fingerprint density at radius 2 is 2.11 bits per heavy atom. The summed E-state index contributed by atoms with van der Waals surface area (Å²) in [5.41, 5.74) is 1.06. The van der Waals surface area contributed by atoms with E-state index in [2.05, 4.69) is 19.2 Å². The Kier molecular flexibility index (Phi) is 5.53. The van der Waals surface area contributed by atoms with Crippen molar-refractivity contribution in [3.05, 3.63) is 29.3 Å². The largest absolute Gasteiger partial charge is 0.383 e. The molecule has 0 bridgehead atoms. The van der Waals surface area contributed by atoms with Crippen LogP contribution in [0, 0.1) is 11.8 Å². The van der Waals surface area contributed by atoms with E-state index in [0.29, 0.717) is 6.10 Å². The number of ether oxygens (including phenoxy) is 1. The molecule has 1 fully saturated rings. The number of anilines is 1. The molecular weight excluding hydrogens is 258 g/mol. The first-order chi connectivity index (χ1) is 9.15. The summed E-state index contributed by atoms with van der Waals surface area (Å²) in [5.74, 6) is 1.64. The van der Waals surface area contributed by atoms with Crippen LogP contribution in [0.2, 0.25) is 5.02 Å². The molecule has 1 aliphatic carbocycles. The van der Waals surface area contributed by atoms with Crippen molar-refractivity contribution in [1.82, 2.24) is 0 Å². The Bertz CT molecular complexity index is 396. The lowest BCUT2D eigenvalue weighted by Gasteiger charge is -2.32. The molecule has 2 rings (SSSR count). The highest BCUT2D eigenvalue weighted by Crippen LogP contribution is 2.30. The molecule has 1 aliphatic rings. The summed E-state index contributed by atoms with van der Waals surface area (Å²) >= 11 is 5.94. The van der Waals surface area contributed by atoms with Gasteiger partial charge in [0.2, 0.25) is 0 Å². The summed E-state index contributed by atoms with van der Waals surface area (Å²) in [6.45, 7) is 6.28. The standard InChI is InChI=1S/C16H24ClNO/c1-12-6-7-16(10-13(12)2)19-9-8-18-15-5-3-4-14(17)11-15/h3-5,11-13,16,18H,6-10H2,1-2H3. The second-order valence-corrected chi connectivity index (χ2v) is 6.13. The van der Waals surface area contributed by atoms with Crippen molar-refractivity contribution in [3.8, 4) is 0 Å². The Balaban J connectivity index is 1.64. The van der Waals surface area contributed by atoms with E-state index >= 15 is 0 Å². The fraction of sp³-hybridized carbons (Fsp3) is 0.625. The highest BCUT2D eigenvalue weighted by molar-refractivity contribution is 6.30. The van der Waals surface area contributed by atoms with Crippen molar-refractivity contribution in [2.24, 2.45) is 11.8 Å². The lowest BCUT2D eigenvalue weighted by atomic mass is 9.80. The Labute approximate surface area is 121 Å². The molecular formula is C16H24ClNO. The van der Waals surface area contributed by atoms with Crippen molar-refractivity contribution < 1.29 is 4.74 Å². The predicted octanol–water partition coefficient (Wildman–Crippen LogP) is 4.59. The molecule has 0 radical (unpaired) electrons. The number of hydrogen-bond acceptors (Lipinski definition) is 2. The minimum absolute atomic E-state index is 0.451. The van der Waals surface area contributed by atoms with Gasteiger partial charge in [0.15, 0.2) is 0 Å². The summed E-state index contributed by atoms with van der Waals surface area (Å²) in [4.78, 5) is 0. The molecule has 1 aromatic rings. The molecule has 3 unspecified atom stereocenters. The number of halogens is 1. The van der Waals surface area contributed by atoms with Gasteiger partial charge in [0.1, 0.15) is 0 Å². The highest BCUT2D eigenvalue weighted by atomic mass is 35.5. The summed E-state index contributed by atoms with van der Waals surface area (Å²) < 4.78 is 5.96. The van der Waals surface area contributed by atoms with Gasteiger partial charge in [-0.15, -0.1) is 0 Å². The number of benzene rings is 1. The smallest absolute Gasteiger partial charge is 0.0642 e. The third kappa shape index (κ3) is 4.70. The molecule has 106 valence electrons. The van der Waals surface area contributed by atoms with Crippen LogP contribution in [0.15, 0.2) is 24.3 Å². The van der Waals surface area contributed by atoms with Crippen LogP contribution >= 0.6 is 11.6 Å². The summed E-state index contributed by atoms with van der Waals surface area (Å²) in [7, 11) is 0. The zero-order valence-corrected chi connectivity index (χ0v) is 12.6. The first-order valence-corrected chi connectivity index (χ1v) is 7.64. The minimum atomic E-state index is 0.451. The average molecular weight is 282 g/mol. The van der Waals surface area contributed by atoms with Crippen molar-refractivity contribution in [2.75, 3.05) is 18.5 Å². The topological polar surface area (TPSA) is 21.3 Å². The maximum atomic E-state index is 5.96. The first kappa shape index (κ1) is 14.7. The second-order valence-electron chi connectivity index (χ2n) is 5.70. The van der Waals surface area contributed by atoms with Crippen molar-refractivity contribution >= 4 is 17.3 Å². The number of hydrogen-bond donors (Lipinski definition) is 1. The van der Waals surface area contributed by atoms with E-state index in [1.54, 1.807) is 0 Å². The quantitative estimate of drug-likeness (QED) is 0.797. The third-order valence-corrected chi connectivity index (χ3v) is 4.39. The van der Waals surface area contributed by atoms with Gasteiger partial charge in [-0.2, -0.15) is 0 Å². The Morgan fingerprint density at radius 1 is 1.26 bits per heavy atom. The van der Waals surface area contributed by atoms with Crippen LogP contribution in [-0.2, 0) is 4.74 Å². The van der Waals surface area contributed by atoms with E-state index in [1.165, 1.54) is 19.3 Å². The fourth-order valence-electron chi connectivity index (χ4n) is 2.67. The van der Waals surface area contributed by atoms with Gasteiger partial charge < -0.3 is 10.1 Å². The van der Waals surface area contributed by atoms with Crippen LogP contribution in [0.25, 0.3) is 0 Å². The molecule has 3 heteroatoms. The SMILES string of the molecule is CC1CCC(OCCNc2cccc(Cl)c2)CC1C. The molecule has 0 aromatic heterocycles. The molecule has 1 aromatic carbocycles. The van der Waals surface area contributed by atoms with Gasteiger partial charge in [-0.05, 0) is 49.3 Å². The molecule has 2 nitrogen and oxygen atoms in total. The van der Waals surface area contributed by atoms with Gasteiger partial charge in [-0.25, -0.2) is 0 Å². The lowest BCUT2D eigenvalue weighted by Crippen LogP contribution is -2.28. The normalized spacial score (nSPS) is 27.2. The van der Waals surface area contributed by atoms with Crippen molar-refractivity contribution in [3.63, 3.8) is 0 Å². The van der Waals surface area contributed by atoms with Crippen LogP contribution in [0.5, 0.6) is 0 Å². The monoisotopic (exact) mass is 281 g/mol. The van der Waals surface area contributed by atoms with Crippen molar-refractivity contribution in [1.29, 1.82) is 0 Å². The molecule has 0 amide bonds. The highest BCUT2D eigenvalue weighted by Gasteiger charge is 2.24. The fourth-order valence-corrected chi connectivity index (χ4v) is 2.86. The Morgan fingerprint density at radius 3 is 2.84 bits per heavy atom. The van der Waals surface area contributed by atoms with E-state index in [4.69, 9.17) is 16.3 Å². The summed E-state index contributed by atoms with van der Waals surface area (Å²) in [5, 5.41) is 4.10. The van der Waals surface area contributed by atoms with E-state index in [-0.39, 0.29) is 0 Å². The zero-order valence-electron chi connectivity index (χ0n) is 11.9. The van der Waals surface area contributed by atoms with Gasteiger partial charge in [0, 0.05) is 17.3 Å². The van der Waals surface area contributed by atoms with E-state index < -0.39 is 0 Å². The molecule has 1 saturated carbocycles. The van der Waals surface area contributed by atoms with E-state index in [9.17, 15) is 0 Å². The van der Waals surface area contributed by atoms with Crippen LogP contribution < -0.4 is 5.32 Å². The van der Waals surface area contributed by atoms with Gasteiger partial charge >= 0.3 is 0 Å². The lowest BCUT2D eigenvalue weighted by molar-refractivity contribution is 0.00778. The summed E-state index contributed by atoms with van der Waals surface area (Å²) in [6.07, 6.45) is 4.17. The van der Waals surface area contributed by atoms with Gasteiger partial charge in [0.25, 0.3) is 0 Å². The predicted molar refractivity (Wildman–Crippen MR) is 81.9 cm³/mol. The molecule has 0 spiro atoms. The van der Waals surface area contributed by atoms with E-state index in [1.807, 2.05) is 24.3 Å². The minimum Gasteiger partial charge on any atom is -0.383 e. The third-order valence-electron chi connectivity index (χ3n) is 4.16. The van der Waals surface area contributed by atoms with Crippen LogP contribution in [0.1, 0.15) is 33.1 Å². The number of rotatable bonds is 5. The molecule has 0 aliphatic heterocycles. The average Bonchev–Trinajstić information content (AvgIpc) is 2.39.